The van der Waals surface area contributed by atoms with Crippen molar-refractivity contribution in [2.24, 2.45) is 10.7 Å². The number of nitrogens with two attached hydrogens (primary N) is 1. The number of thioether (sulfide) groups is 1. The Balaban J connectivity index is 1.73. The van der Waals surface area contributed by atoms with E-state index in [0.717, 1.165) is 35.5 Å². The van der Waals surface area contributed by atoms with Crippen LogP contribution in [0.15, 0.2) is 67.5 Å². The van der Waals surface area contributed by atoms with E-state index in [0.29, 0.717) is 22.3 Å². The highest BCUT2D eigenvalue weighted by Gasteiger charge is 2.27. The maximum Gasteiger partial charge on any atom is 0.436 e. The lowest BCUT2D eigenvalue weighted by Crippen LogP contribution is -2.36. The molecule has 0 unspecified atom stereocenters. The number of ether oxygens (including phenoxy) is 2. The molecule has 0 saturated carbocycles. The lowest BCUT2D eigenvalue weighted by molar-refractivity contribution is 0.0604. The normalized spacial score (nSPS) is 14.9. The number of aryl methyl sites for hydroxylation is 1. The molecule has 1 fully saturated rings. The number of carbonyl (C=O) groups excluding carboxylic acids is 1. The van der Waals surface area contributed by atoms with Crippen molar-refractivity contribution in [2.45, 2.75) is 47.3 Å². The predicted molar refractivity (Wildman–Crippen MR) is 158 cm³/mol. The van der Waals surface area contributed by atoms with Crippen LogP contribution in [0.25, 0.3) is 11.1 Å². The predicted octanol–water partition coefficient (Wildman–Crippen LogP) is 5.76. The number of sulfone groups is 1. The third kappa shape index (κ3) is 6.66. The zero-order valence-corrected chi connectivity index (χ0v) is 25.1. The summed E-state index contributed by atoms with van der Waals surface area (Å²) < 4.78 is 39.1. The molecule has 208 valence electrons. The summed E-state index contributed by atoms with van der Waals surface area (Å²) in [5.41, 5.74) is 9.29. The van der Waals surface area contributed by atoms with E-state index in [2.05, 4.69) is 16.0 Å². The molecule has 2 heterocycles. The maximum absolute atomic E-state index is 13.9. The summed E-state index contributed by atoms with van der Waals surface area (Å²) in [6, 6.07) is 14.6. The van der Waals surface area contributed by atoms with E-state index in [9.17, 15) is 13.2 Å². The van der Waals surface area contributed by atoms with Gasteiger partial charge in [-0.1, -0.05) is 24.3 Å². The Morgan fingerprint density at radius 1 is 1.13 bits per heavy atom. The number of benzene rings is 2. The van der Waals surface area contributed by atoms with Gasteiger partial charge in [-0.2, -0.15) is 4.99 Å². The quantitative estimate of drug-likeness (QED) is 0.220. The highest BCUT2D eigenvalue weighted by atomic mass is 32.2. The molecule has 11 heteroatoms. The van der Waals surface area contributed by atoms with E-state index in [1.165, 1.54) is 29.2 Å². The van der Waals surface area contributed by atoms with Gasteiger partial charge in [0.2, 0.25) is 9.84 Å². The molecule has 1 aliphatic heterocycles. The molecule has 1 aromatic heterocycles. The van der Waals surface area contributed by atoms with Crippen LogP contribution in [0.1, 0.15) is 31.2 Å². The topological polar surface area (TPSA) is 111 Å². The smallest absolute Gasteiger partial charge is 0.436 e. The number of nitrogens with zero attached hydrogens (tertiary/aromatic N) is 2. The Morgan fingerprint density at radius 2 is 1.82 bits per heavy atom. The number of rotatable bonds is 6. The number of morpholine rings is 1. The summed E-state index contributed by atoms with van der Waals surface area (Å²) in [4.78, 5) is 18.9. The van der Waals surface area contributed by atoms with Crippen molar-refractivity contribution in [3.63, 3.8) is 0 Å². The van der Waals surface area contributed by atoms with E-state index in [-0.39, 0.29) is 15.6 Å². The Labute approximate surface area is 238 Å². The molecule has 4 rings (SSSR count). The molecule has 3 aromatic rings. The fraction of sp³-hybridized carbons (Fsp3) is 0.357. The monoisotopic (exact) mass is 587 g/mol. The molecule has 1 aliphatic rings. The van der Waals surface area contributed by atoms with Gasteiger partial charge in [0.05, 0.1) is 32.1 Å². The van der Waals surface area contributed by atoms with Gasteiger partial charge in [-0.05, 0) is 69.3 Å². The Morgan fingerprint density at radius 3 is 2.49 bits per heavy atom. The Bertz CT molecular complexity index is 1500. The van der Waals surface area contributed by atoms with Gasteiger partial charge >= 0.3 is 6.09 Å². The van der Waals surface area contributed by atoms with Crippen molar-refractivity contribution in [2.75, 3.05) is 37.5 Å². The summed E-state index contributed by atoms with van der Waals surface area (Å²) in [6.45, 7) is 10.1. The first-order valence-electron chi connectivity index (χ1n) is 12.4. The van der Waals surface area contributed by atoms with Crippen molar-refractivity contribution in [3.8, 4) is 11.1 Å². The van der Waals surface area contributed by atoms with Crippen LogP contribution in [0.4, 0.5) is 10.5 Å². The highest BCUT2D eigenvalue weighted by molar-refractivity contribution is 8.01. The molecule has 1 saturated heterocycles. The third-order valence-electron chi connectivity index (χ3n) is 6.03. The van der Waals surface area contributed by atoms with Crippen LogP contribution in [0.2, 0.25) is 0 Å². The SMILES string of the molecule is CSc1sc(C(N)=NC(=O)OC(C)(C)C)cc1S(=O)(=O)c1cccc(-c2c(C)cccc2N2CCOCC2)c1. The van der Waals surface area contributed by atoms with Crippen LogP contribution >= 0.6 is 23.1 Å². The van der Waals surface area contributed by atoms with Crippen LogP contribution < -0.4 is 10.6 Å². The van der Waals surface area contributed by atoms with E-state index < -0.39 is 21.5 Å². The molecule has 0 aliphatic carbocycles. The van der Waals surface area contributed by atoms with Gasteiger partial charge in [0.1, 0.15) is 11.4 Å². The molecule has 2 aromatic carbocycles. The summed E-state index contributed by atoms with van der Waals surface area (Å²) in [5, 5.41) is 0. The lowest BCUT2D eigenvalue weighted by Gasteiger charge is -2.31. The van der Waals surface area contributed by atoms with Crippen molar-refractivity contribution in [1.29, 1.82) is 0 Å². The van der Waals surface area contributed by atoms with Crippen LogP contribution in [-0.2, 0) is 19.3 Å². The zero-order valence-electron chi connectivity index (χ0n) is 22.7. The van der Waals surface area contributed by atoms with Crippen molar-refractivity contribution in [1.82, 2.24) is 0 Å². The van der Waals surface area contributed by atoms with E-state index >= 15 is 0 Å². The number of carbonyl (C=O) groups is 1. The number of hydrogen-bond donors (Lipinski definition) is 1. The zero-order chi connectivity index (χ0) is 28.4. The molecule has 0 atom stereocenters. The first-order chi connectivity index (χ1) is 18.4. The average molecular weight is 588 g/mol. The van der Waals surface area contributed by atoms with Crippen LogP contribution in [0.5, 0.6) is 0 Å². The fourth-order valence-corrected chi connectivity index (χ4v) is 8.24. The minimum atomic E-state index is -3.90. The van der Waals surface area contributed by atoms with Gasteiger partial charge < -0.3 is 20.1 Å². The van der Waals surface area contributed by atoms with Crippen LogP contribution in [-0.4, -0.2) is 58.5 Å². The van der Waals surface area contributed by atoms with Crippen LogP contribution in [0, 0.1) is 6.92 Å². The number of amidine groups is 1. The summed E-state index contributed by atoms with van der Waals surface area (Å²) in [6.07, 6.45) is 0.972. The van der Waals surface area contributed by atoms with Gasteiger partial charge in [0.15, 0.2) is 0 Å². The first kappa shape index (κ1) is 29.1. The fourth-order valence-electron chi connectivity index (χ4n) is 4.29. The number of thiophene rings is 1. The van der Waals surface area contributed by atoms with Crippen molar-refractivity contribution >= 4 is 50.6 Å². The molecule has 1 amide bonds. The Kier molecular flexibility index (Phi) is 8.75. The molecular weight excluding hydrogens is 555 g/mol. The van der Waals surface area contributed by atoms with E-state index in [1.807, 2.05) is 25.1 Å². The molecule has 39 heavy (non-hydrogen) atoms. The molecule has 0 spiro atoms. The van der Waals surface area contributed by atoms with Gasteiger partial charge in [0, 0.05) is 24.3 Å². The second-order valence-corrected chi connectivity index (χ2v) is 14.1. The van der Waals surface area contributed by atoms with E-state index in [1.54, 1.807) is 45.2 Å². The second kappa shape index (κ2) is 11.7. The minimum Gasteiger partial charge on any atom is -0.442 e. The molecule has 2 N–H and O–H groups in total. The summed E-state index contributed by atoms with van der Waals surface area (Å²) >= 11 is 2.48. The lowest BCUT2D eigenvalue weighted by atomic mass is 9.97. The molecule has 0 radical (unpaired) electrons. The first-order valence-corrected chi connectivity index (χ1v) is 16.0. The van der Waals surface area contributed by atoms with Crippen molar-refractivity contribution < 1.29 is 22.7 Å². The van der Waals surface area contributed by atoms with E-state index in [4.69, 9.17) is 15.2 Å². The number of amides is 1. The third-order valence-corrected chi connectivity index (χ3v) is 10.4. The molecular formula is C28H33N3O5S3. The summed E-state index contributed by atoms with van der Waals surface area (Å²) in [5.74, 6) is -0.0881. The van der Waals surface area contributed by atoms with Gasteiger partial charge in [0.25, 0.3) is 0 Å². The second-order valence-electron chi connectivity index (χ2n) is 10.0. The van der Waals surface area contributed by atoms with Crippen molar-refractivity contribution in [3.05, 3.63) is 59.0 Å². The van der Waals surface area contributed by atoms with Gasteiger partial charge in [-0.25, -0.2) is 13.2 Å². The largest absolute Gasteiger partial charge is 0.442 e. The van der Waals surface area contributed by atoms with Gasteiger partial charge in [-0.15, -0.1) is 23.1 Å². The Hall–Kier alpha value is -2.86. The molecule has 0 bridgehead atoms. The minimum absolute atomic E-state index is 0.0881. The summed E-state index contributed by atoms with van der Waals surface area (Å²) in [7, 11) is -3.90. The number of hydrogen-bond acceptors (Lipinski definition) is 8. The van der Waals surface area contributed by atoms with Gasteiger partial charge in [-0.3, -0.25) is 0 Å². The number of anilines is 1. The highest BCUT2D eigenvalue weighted by Crippen LogP contribution is 2.39. The maximum atomic E-state index is 13.9. The standard InChI is InChI=1S/C28H33N3O5S3/c1-18-8-6-11-21(31-12-14-35-15-13-31)24(18)19-9-7-10-20(16-19)39(33,34)23-17-22(38-26(23)37-5)25(29)30-27(32)36-28(2,3)4/h6-11,16-17H,12-15H2,1-5H3,(H2,29,30,32). The average Bonchev–Trinajstić information content (AvgIpc) is 3.34. The number of aliphatic imine (C=N–C) groups is 1. The molecule has 8 nitrogen and oxygen atoms in total. The van der Waals surface area contributed by atoms with Crippen LogP contribution in [0.3, 0.4) is 0 Å².